The molecule has 1 aliphatic rings. The van der Waals surface area contributed by atoms with E-state index in [4.69, 9.17) is 0 Å². The Labute approximate surface area is 99.8 Å². The molecule has 3 rings (SSSR count). The summed E-state index contributed by atoms with van der Waals surface area (Å²) in [6.07, 6.45) is -4.04. The maximum absolute atomic E-state index is 12.3. The van der Waals surface area contributed by atoms with Crippen molar-refractivity contribution >= 4 is 5.69 Å². The van der Waals surface area contributed by atoms with Gasteiger partial charge >= 0.3 is 6.18 Å². The summed E-state index contributed by atoms with van der Waals surface area (Å²) in [7, 11) is 0. The molecule has 0 radical (unpaired) electrons. The molecule has 0 spiro atoms. The minimum atomic E-state index is -4.58. The second kappa shape index (κ2) is 3.72. The summed E-state index contributed by atoms with van der Waals surface area (Å²) in [6.45, 7) is 0. The lowest BCUT2D eigenvalue weighted by atomic mass is 10.1. The summed E-state index contributed by atoms with van der Waals surface area (Å²) in [6, 6.07) is 7.09. The number of para-hydroxylation sites is 1. The topological polar surface area (TPSA) is 51.0 Å². The van der Waals surface area contributed by atoms with Crippen LogP contribution in [0.4, 0.5) is 18.9 Å². The first kappa shape index (κ1) is 11.1. The quantitative estimate of drug-likeness (QED) is 0.851. The number of hydrogen-bond donors (Lipinski definition) is 1. The monoisotopic (exact) mass is 255 g/mol. The predicted molar refractivity (Wildman–Crippen MR) is 55.8 cm³/mol. The third-order valence-corrected chi connectivity index (χ3v) is 2.76. The zero-order chi connectivity index (χ0) is 12.8. The van der Waals surface area contributed by atoms with Crippen LogP contribution in [0.2, 0.25) is 0 Å². The van der Waals surface area contributed by atoms with Gasteiger partial charge in [0.25, 0.3) is 5.82 Å². The number of rotatable bonds is 1. The maximum atomic E-state index is 12.3. The average Bonchev–Trinajstić information content (AvgIpc) is 2.94. The van der Waals surface area contributed by atoms with Crippen molar-refractivity contribution in [3.05, 3.63) is 41.5 Å². The number of anilines is 1. The normalized spacial score (nSPS) is 18.5. The van der Waals surface area contributed by atoms with Crippen LogP contribution >= 0.6 is 0 Å². The summed E-state index contributed by atoms with van der Waals surface area (Å²) >= 11 is 0. The number of nitrogens with one attached hydrogen (secondary N) is 1. The van der Waals surface area contributed by atoms with Crippen LogP contribution in [0.25, 0.3) is 0 Å². The number of alkyl halides is 3. The number of benzene rings is 1. The molecule has 7 heteroatoms. The molecule has 1 N–H and O–H groups in total. The first-order valence-corrected chi connectivity index (χ1v) is 5.29. The predicted octanol–water partition coefficient (Wildman–Crippen LogP) is 2.80. The van der Waals surface area contributed by atoms with Gasteiger partial charge in [-0.1, -0.05) is 23.4 Å². The molecule has 0 saturated heterocycles. The van der Waals surface area contributed by atoms with Gasteiger partial charge in [-0.2, -0.15) is 18.2 Å². The number of hydrogen-bond acceptors (Lipinski definition) is 4. The lowest BCUT2D eigenvalue weighted by Crippen LogP contribution is -2.10. The van der Waals surface area contributed by atoms with Crippen molar-refractivity contribution in [1.29, 1.82) is 0 Å². The van der Waals surface area contributed by atoms with Crippen molar-refractivity contribution in [2.75, 3.05) is 5.32 Å². The van der Waals surface area contributed by atoms with Gasteiger partial charge in [0.05, 0.1) is 0 Å². The minimum Gasteiger partial charge on any atom is -0.373 e. The third kappa shape index (κ3) is 1.81. The molecule has 0 fully saturated rings. The molecule has 0 aliphatic carbocycles. The van der Waals surface area contributed by atoms with Gasteiger partial charge in [-0.15, -0.1) is 0 Å². The lowest BCUT2D eigenvalue weighted by molar-refractivity contribution is -0.146. The Balaban J connectivity index is 1.85. The van der Waals surface area contributed by atoms with Crippen molar-refractivity contribution < 1.29 is 17.7 Å². The standard InChI is InChI=1S/C11H8F3N3O/c12-11(13,14)10-16-9(18-17-10)8-5-6-3-1-2-4-7(6)15-8/h1-4,8,15H,5H2. The number of nitrogens with zero attached hydrogens (tertiary/aromatic N) is 2. The van der Waals surface area contributed by atoms with Crippen LogP contribution in [0.5, 0.6) is 0 Å². The van der Waals surface area contributed by atoms with Gasteiger partial charge in [0, 0.05) is 12.1 Å². The smallest absolute Gasteiger partial charge is 0.373 e. The fourth-order valence-electron chi connectivity index (χ4n) is 1.94. The molecule has 1 aromatic heterocycles. The van der Waals surface area contributed by atoms with Gasteiger partial charge in [0.15, 0.2) is 0 Å². The van der Waals surface area contributed by atoms with E-state index in [1.54, 1.807) is 0 Å². The Bertz CT molecular complexity index is 554. The fourth-order valence-corrected chi connectivity index (χ4v) is 1.94. The molecule has 0 amide bonds. The van der Waals surface area contributed by atoms with Gasteiger partial charge < -0.3 is 9.84 Å². The van der Waals surface area contributed by atoms with Crippen LogP contribution in [0, 0.1) is 0 Å². The lowest BCUT2D eigenvalue weighted by Gasteiger charge is -2.04. The average molecular weight is 255 g/mol. The van der Waals surface area contributed by atoms with E-state index in [1.807, 2.05) is 24.3 Å². The van der Waals surface area contributed by atoms with E-state index in [1.165, 1.54) is 0 Å². The van der Waals surface area contributed by atoms with Crippen LogP contribution in [0.3, 0.4) is 0 Å². The van der Waals surface area contributed by atoms with Gasteiger partial charge in [-0.25, -0.2) is 0 Å². The van der Waals surface area contributed by atoms with Crippen molar-refractivity contribution in [3.63, 3.8) is 0 Å². The van der Waals surface area contributed by atoms with Gasteiger partial charge in [-0.3, -0.25) is 0 Å². The Morgan fingerprint density at radius 3 is 2.72 bits per heavy atom. The van der Waals surface area contributed by atoms with Crippen LogP contribution in [0.15, 0.2) is 28.8 Å². The SMILES string of the molecule is FC(F)(F)c1noc(C2Cc3ccccc3N2)n1. The van der Waals surface area contributed by atoms with E-state index < -0.39 is 18.0 Å². The van der Waals surface area contributed by atoms with Crippen molar-refractivity contribution in [2.45, 2.75) is 18.6 Å². The summed E-state index contributed by atoms with van der Waals surface area (Å²) in [4.78, 5) is 3.38. The third-order valence-electron chi connectivity index (χ3n) is 2.76. The molecule has 4 nitrogen and oxygen atoms in total. The van der Waals surface area contributed by atoms with E-state index in [-0.39, 0.29) is 5.89 Å². The van der Waals surface area contributed by atoms with Crippen molar-refractivity contribution in [3.8, 4) is 0 Å². The van der Waals surface area contributed by atoms with Crippen LogP contribution in [-0.4, -0.2) is 10.1 Å². The molecule has 2 aromatic rings. The Hall–Kier alpha value is -2.05. The van der Waals surface area contributed by atoms with Gasteiger partial charge in [0.1, 0.15) is 6.04 Å². The Kier molecular flexibility index (Phi) is 2.29. The fraction of sp³-hybridized carbons (Fsp3) is 0.273. The Morgan fingerprint density at radius 2 is 2.06 bits per heavy atom. The highest BCUT2D eigenvalue weighted by Crippen LogP contribution is 2.34. The first-order chi connectivity index (χ1) is 8.54. The largest absolute Gasteiger partial charge is 0.455 e. The second-order valence-electron chi connectivity index (χ2n) is 4.01. The van der Waals surface area contributed by atoms with Crippen LogP contribution < -0.4 is 5.32 Å². The number of aromatic nitrogens is 2. The number of halogens is 3. The molecule has 18 heavy (non-hydrogen) atoms. The number of fused-ring (bicyclic) bond motifs is 1. The Morgan fingerprint density at radius 1 is 1.28 bits per heavy atom. The molecule has 1 aliphatic heterocycles. The van der Waals surface area contributed by atoms with E-state index in [2.05, 4.69) is 20.0 Å². The van der Waals surface area contributed by atoms with E-state index in [0.29, 0.717) is 6.42 Å². The second-order valence-corrected chi connectivity index (χ2v) is 4.01. The molecule has 1 aromatic carbocycles. The zero-order valence-corrected chi connectivity index (χ0v) is 9.03. The minimum absolute atomic E-state index is 0.0430. The molecular formula is C11H8F3N3O. The molecule has 0 bridgehead atoms. The zero-order valence-electron chi connectivity index (χ0n) is 9.03. The first-order valence-electron chi connectivity index (χ1n) is 5.29. The maximum Gasteiger partial charge on any atom is 0.455 e. The van der Waals surface area contributed by atoms with Crippen LogP contribution in [0.1, 0.15) is 23.3 Å². The molecule has 94 valence electrons. The van der Waals surface area contributed by atoms with E-state index in [0.717, 1.165) is 11.3 Å². The summed E-state index contributed by atoms with van der Waals surface area (Å²) in [5.74, 6) is -1.28. The van der Waals surface area contributed by atoms with Crippen molar-refractivity contribution in [2.24, 2.45) is 0 Å². The highest BCUT2D eigenvalue weighted by molar-refractivity contribution is 5.56. The summed E-state index contributed by atoms with van der Waals surface area (Å²) in [5.41, 5.74) is 1.91. The molecule has 2 heterocycles. The summed E-state index contributed by atoms with van der Waals surface area (Å²) < 4.78 is 41.7. The van der Waals surface area contributed by atoms with Gasteiger partial charge in [0.2, 0.25) is 5.89 Å². The van der Waals surface area contributed by atoms with Crippen LogP contribution in [-0.2, 0) is 12.6 Å². The molecule has 1 atom stereocenters. The summed E-state index contributed by atoms with van der Waals surface area (Å²) in [5, 5.41) is 6.00. The van der Waals surface area contributed by atoms with Crippen molar-refractivity contribution in [1.82, 2.24) is 10.1 Å². The highest BCUT2D eigenvalue weighted by Gasteiger charge is 2.38. The van der Waals surface area contributed by atoms with E-state index >= 15 is 0 Å². The van der Waals surface area contributed by atoms with E-state index in [9.17, 15) is 13.2 Å². The molecule has 0 saturated carbocycles. The molecular weight excluding hydrogens is 247 g/mol. The highest BCUT2D eigenvalue weighted by atomic mass is 19.4. The molecule has 1 unspecified atom stereocenters. The van der Waals surface area contributed by atoms with Gasteiger partial charge in [-0.05, 0) is 11.6 Å².